The third kappa shape index (κ3) is 3.17. The maximum atomic E-state index is 6.21. The molecule has 0 unspecified atom stereocenters. The lowest BCUT2D eigenvalue weighted by Gasteiger charge is -2.33. The number of nitrogens with one attached hydrogen (secondary N) is 1. The highest BCUT2D eigenvalue weighted by Crippen LogP contribution is 2.42. The molecule has 0 fully saturated rings. The number of fused-ring (bicyclic) bond motifs is 1. The topological polar surface area (TPSA) is 12.0 Å². The SMILES string of the molecule is CC(C)N[C@H]1CC[C@@H](c2ccc(Cl)c(Cl)c2)c2ccccc21. The number of hydrogen-bond donors (Lipinski definition) is 1. The molecule has 0 bridgehead atoms. The van der Waals surface area contributed by atoms with Crippen LogP contribution in [0, 0.1) is 0 Å². The Balaban J connectivity index is 1.98. The van der Waals surface area contributed by atoms with E-state index in [-0.39, 0.29) is 0 Å². The first-order valence-electron chi connectivity index (χ1n) is 7.86. The van der Waals surface area contributed by atoms with E-state index in [1.165, 1.54) is 16.7 Å². The zero-order valence-electron chi connectivity index (χ0n) is 12.9. The molecular formula is C19H21Cl2N. The number of rotatable bonds is 3. The average Bonchev–Trinajstić information content (AvgIpc) is 2.50. The molecule has 3 heteroatoms. The number of halogens is 2. The lowest BCUT2D eigenvalue weighted by Crippen LogP contribution is -2.31. The van der Waals surface area contributed by atoms with Crippen molar-refractivity contribution in [2.45, 2.75) is 44.7 Å². The second-order valence-electron chi connectivity index (χ2n) is 6.31. The summed E-state index contributed by atoms with van der Waals surface area (Å²) >= 11 is 12.3. The van der Waals surface area contributed by atoms with Crippen LogP contribution in [0.25, 0.3) is 0 Å². The first kappa shape index (κ1) is 15.9. The summed E-state index contributed by atoms with van der Waals surface area (Å²) in [6, 6.07) is 15.7. The van der Waals surface area contributed by atoms with E-state index in [4.69, 9.17) is 23.2 Å². The largest absolute Gasteiger partial charge is 0.308 e. The Morgan fingerprint density at radius 2 is 1.68 bits per heavy atom. The van der Waals surface area contributed by atoms with Crippen LogP contribution in [0.5, 0.6) is 0 Å². The van der Waals surface area contributed by atoms with Gasteiger partial charge in [-0.05, 0) is 41.7 Å². The van der Waals surface area contributed by atoms with Gasteiger partial charge in [-0.15, -0.1) is 0 Å². The zero-order valence-corrected chi connectivity index (χ0v) is 14.5. The number of hydrogen-bond acceptors (Lipinski definition) is 1. The molecule has 116 valence electrons. The molecule has 2 aromatic carbocycles. The van der Waals surface area contributed by atoms with E-state index in [1.807, 2.05) is 12.1 Å². The summed E-state index contributed by atoms with van der Waals surface area (Å²) in [5.74, 6) is 0.399. The maximum Gasteiger partial charge on any atom is 0.0595 e. The highest BCUT2D eigenvalue weighted by Gasteiger charge is 2.28. The Kier molecular flexibility index (Phi) is 4.77. The van der Waals surface area contributed by atoms with E-state index >= 15 is 0 Å². The van der Waals surface area contributed by atoms with Gasteiger partial charge in [0.15, 0.2) is 0 Å². The van der Waals surface area contributed by atoms with Crippen LogP contribution in [-0.2, 0) is 0 Å². The third-order valence-electron chi connectivity index (χ3n) is 4.37. The fourth-order valence-corrected chi connectivity index (χ4v) is 3.75. The van der Waals surface area contributed by atoms with Crippen molar-refractivity contribution < 1.29 is 0 Å². The summed E-state index contributed by atoms with van der Waals surface area (Å²) in [6.07, 6.45) is 2.26. The standard InChI is InChI=1S/C19H21Cl2N/c1-12(2)22-19-10-8-14(15-5-3-4-6-16(15)19)13-7-9-17(20)18(21)11-13/h3-7,9,11-12,14,19,22H,8,10H2,1-2H3/t14-,19-/m0/s1. The van der Waals surface area contributed by atoms with Crippen molar-refractivity contribution in [3.63, 3.8) is 0 Å². The molecule has 0 heterocycles. The van der Waals surface area contributed by atoms with Crippen molar-refractivity contribution >= 4 is 23.2 Å². The van der Waals surface area contributed by atoms with Crippen LogP contribution < -0.4 is 5.32 Å². The van der Waals surface area contributed by atoms with Gasteiger partial charge in [0.2, 0.25) is 0 Å². The van der Waals surface area contributed by atoms with Crippen LogP contribution in [0.15, 0.2) is 42.5 Å². The second-order valence-corrected chi connectivity index (χ2v) is 7.12. The Bertz CT molecular complexity index is 666. The molecule has 0 amide bonds. The van der Waals surface area contributed by atoms with Crippen LogP contribution >= 0.6 is 23.2 Å². The zero-order chi connectivity index (χ0) is 15.7. The first-order valence-corrected chi connectivity index (χ1v) is 8.61. The van der Waals surface area contributed by atoms with Gasteiger partial charge in [-0.25, -0.2) is 0 Å². The minimum atomic E-state index is 0.399. The van der Waals surface area contributed by atoms with Gasteiger partial charge >= 0.3 is 0 Å². The fourth-order valence-electron chi connectivity index (χ4n) is 3.44. The summed E-state index contributed by atoms with van der Waals surface area (Å²) in [5.41, 5.74) is 4.08. The molecule has 3 rings (SSSR count). The van der Waals surface area contributed by atoms with Crippen molar-refractivity contribution in [2.75, 3.05) is 0 Å². The van der Waals surface area contributed by atoms with Crippen molar-refractivity contribution in [1.29, 1.82) is 0 Å². The molecule has 1 nitrogen and oxygen atoms in total. The van der Waals surface area contributed by atoms with Gasteiger partial charge in [0.05, 0.1) is 10.0 Å². The molecule has 22 heavy (non-hydrogen) atoms. The fraction of sp³-hybridized carbons (Fsp3) is 0.368. The lowest BCUT2D eigenvalue weighted by atomic mass is 9.76. The van der Waals surface area contributed by atoms with Crippen LogP contribution in [0.2, 0.25) is 10.0 Å². The van der Waals surface area contributed by atoms with Crippen molar-refractivity contribution in [1.82, 2.24) is 5.32 Å². The van der Waals surface area contributed by atoms with E-state index in [9.17, 15) is 0 Å². The molecule has 2 atom stereocenters. The van der Waals surface area contributed by atoms with E-state index in [2.05, 4.69) is 49.5 Å². The number of benzene rings is 2. The quantitative estimate of drug-likeness (QED) is 0.730. The van der Waals surface area contributed by atoms with E-state index in [0.717, 1.165) is 12.8 Å². The molecule has 1 aliphatic rings. The van der Waals surface area contributed by atoms with Gasteiger partial charge in [-0.3, -0.25) is 0 Å². The summed E-state index contributed by atoms with van der Waals surface area (Å²) in [7, 11) is 0. The monoisotopic (exact) mass is 333 g/mol. The van der Waals surface area contributed by atoms with E-state index in [1.54, 1.807) is 0 Å². The summed E-state index contributed by atoms with van der Waals surface area (Å²) < 4.78 is 0. The first-order chi connectivity index (χ1) is 10.6. The van der Waals surface area contributed by atoms with Crippen molar-refractivity contribution in [2.24, 2.45) is 0 Å². The van der Waals surface area contributed by atoms with Gasteiger partial charge in [-0.2, -0.15) is 0 Å². The van der Waals surface area contributed by atoms with Gasteiger partial charge in [-0.1, -0.05) is 67.4 Å². The molecule has 0 saturated carbocycles. The molecule has 2 aromatic rings. The molecule has 0 saturated heterocycles. The van der Waals surface area contributed by atoms with Crippen LogP contribution in [-0.4, -0.2) is 6.04 Å². The van der Waals surface area contributed by atoms with Gasteiger partial charge in [0.1, 0.15) is 0 Å². The van der Waals surface area contributed by atoms with Gasteiger partial charge in [0, 0.05) is 18.0 Å². The Morgan fingerprint density at radius 1 is 0.955 bits per heavy atom. The predicted octanol–water partition coefficient (Wildman–Crippen LogP) is 5.96. The van der Waals surface area contributed by atoms with E-state index < -0.39 is 0 Å². The molecule has 0 aliphatic heterocycles. The second kappa shape index (κ2) is 6.62. The molecule has 0 spiro atoms. The summed E-state index contributed by atoms with van der Waals surface area (Å²) in [6.45, 7) is 4.40. The minimum absolute atomic E-state index is 0.399. The van der Waals surface area contributed by atoms with Crippen LogP contribution in [0.3, 0.4) is 0 Å². The molecule has 0 radical (unpaired) electrons. The van der Waals surface area contributed by atoms with Gasteiger partial charge < -0.3 is 5.32 Å². The summed E-state index contributed by atoms with van der Waals surface area (Å²) in [5, 5.41) is 4.94. The highest BCUT2D eigenvalue weighted by atomic mass is 35.5. The Labute approximate surface area is 142 Å². The highest BCUT2D eigenvalue weighted by molar-refractivity contribution is 6.42. The molecule has 1 aliphatic carbocycles. The Hall–Kier alpha value is -1.02. The lowest BCUT2D eigenvalue weighted by molar-refractivity contribution is 0.409. The average molecular weight is 334 g/mol. The van der Waals surface area contributed by atoms with Crippen molar-refractivity contribution in [3.8, 4) is 0 Å². The predicted molar refractivity (Wildman–Crippen MR) is 95.0 cm³/mol. The minimum Gasteiger partial charge on any atom is -0.308 e. The van der Waals surface area contributed by atoms with Gasteiger partial charge in [0.25, 0.3) is 0 Å². The summed E-state index contributed by atoms with van der Waals surface area (Å²) in [4.78, 5) is 0. The third-order valence-corrected chi connectivity index (χ3v) is 5.11. The molecular weight excluding hydrogens is 313 g/mol. The molecule has 1 N–H and O–H groups in total. The van der Waals surface area contributed by atoms with E-state index in [0.29, 0.717) is 28.0 Å². The molecule has 0 aromatic heterocycles. The van der Waals surface area contributed by atoms with Crippen LogP contribution in [0.1, 0.15) is 55.3 Å². The Morgan fingerprint density at radius 3 is 2.36 bits per heavy atom. The normalized spacial score (nSPS) is 21.0. The smallest absolute Gasteiger partial charge is 0.0595 e. The maximum absolute atomic E-state index is 6.21. The van der Waals surface area contributed by atoms with Crippen LogP contribution in [0.4, 0.5) is 0 Å². The van der Waals surface area contributed by atoms with Crippen molar-refractivity contribution in [3.05, 3.63) is 69.2 Å².